The fourth-order valence-electron chi connectivity index (χ4n) is 3.84. The van der Waals surface area contributed by atoms with Gasteiger partial charge in [0.2, 0.25) is 0 Å². The lowest BCUT2D eigenvalue weighted by atomic mass is 9.94. The van der Waals surface area contributed by atoms with Gasteiger partial charge >= 0.3 is 0 Å². The Kier molecular flexibility index (Phi) is 6.87. The van der Waals surface area contributed by atoms with Crippen molar-refractivity contribution in [3.05, 3.63) is 60.2 Å². The van der Waals surface area contributed by atoms with Crippen molar-refractivity contribution in [2.75, 3.05) is 26.8 Å². The highest BCUT2D eigenvalue weighted by Crippen LogP contribution is 2.48. The van der Waals surface area contributed by atoms with Gasteiger partial charge < -0.3 is 29.2 Å². The van der Waals surface area contributed by atoms with E-state index >= 15 is 0 Å². The number of phenolic OH excluding ortho intramolecular Hbond substituents is 2. The van der Waals surface area contributed by atoms with E-state index in [0.717, 1.165) is 16.3 Å². The van der Waals surface area contributed by atoms with Crippen molar-refractivity contribution >= 4 is 21.5 Å². The highest BCUT2D eigenvalue weighted by molar-refractivity contribution is 6.04. The minimum Gasteiger partial charge on any atom is -0.507 e. The number of aryl methyl sites for hydroxylation is 1. The summed E-state index contributed by atoms with van der Waals surface area (Å²) in [5.74, 6) is 1.20. The van der Waals surface area contributed by atoms with Crippen LogP contribution in [-0.2, 0) is 9.47 Å². The molecule has 4 aromatic carbocycles. The van der Waals surface area contributed by atoms with Gasteiger partial charge in [-0.2, -0.15) is 0 Å². The van der Waals surface area contributed by atoms with Crippen molar-refractivity contribution in [2.45, 2.75) is 20.8 Å². The van der Waals surface area contributed by atoms with E-state index in [0.29, 0.717) is 46.6 Å². The van der Waals surface area contributed by atoms with E-state index in [1.165, 1.54) is 0 Å². The van der Waals surface area contributed by atoms with E-state index in [4.69, 9.17) is 18.9 Å². The quantitative estimate of drug-likeness (QED) is 0.237. The monoisotopic (exact) mass is 448 g/mol. The lowest BCUT2D eigenvalue weighted by molar-refractivity contribution is 0.0230. The molecule has 0 fully saturated rings. The van der Waals surface area contributed by atoms with Crippen LogP contribution in [0, 0.1) is 6.92 Å². The van der Waals surface area contributed by atoms with E-state index in [2.05, 4.69) is 0 Å². The number of fused-ring (bicyclic) bond motifs is 2. The second-order valence-corrected chi connectivity index (χ2v) is 7.65. The second kappa shape index (κ2) is 9.98. The molecule has 0 aliphatic heterocycles. The maximum absolute atomic E-state index is 11.2. The molecule has 0 heterocycles. The molecule has 172 valence electrons. The number of benzene rings is 4. The zero-order valence-corrected chi connectivity index (χ0v) is 19.1. The van der Waals surface area contributed by atoms with Crippen LogP contribution in [0.15, 0.2) is 54.6 Å². The molecule has 6 nitrogen and oxygen atoms in total. The summed E-state index contributed by atoms with van der Waals surface area (Å²) in [5.41, 5.74) is 1.90. The first-order valence-corrected chi connectivity index (χ1v) is 11.0. The summed E-state index contributed by atoms with van der Waals surface area (Å²) in [6.45, 7) is 6.97. The van der Waals surface area contributed by atoms with Crippen LogP contribution >= 0.6 is 0 Å². The van der Waals surface area contributed by atoms with Gasteiger partial charge in [0, 0.05) is 45.9 Å². The molecule has 0 saturated heterocycles. The maximum Gasteiger partial charge on any atom is 0.189 e. The topological polar surface area (TPSA) is 77.4 Å². The number of phenols is 2. The maximum atomic E-state index is 11.2. The third-order valence-electron chi connectivity index (χ3n) is 5.50. The van der Waals surface area contributed by atoms with Crippen LogP contribution in [0.1, 0.15) is 19.4 Å². The predicted octanol–water partition coefficient (Wildman–Crippen LogP) is 6.13. The first-order valence-electron chi connectivity index (χ1n) is 11.0. The van der Waals surface area contributed by atoms with Gasteiger partial charge in [-0.05, 0) is 39.0 Å². The molecule has 0 bridgehead atoms. The molecule has 0 spiro atoms. The fourth-order valence-corrected chi connectivity index (χ4v) is 3.84. The normalized spacial score (nSPS) is 11.2. The van der Waals surface area contributed by atoms with Gasteiger partial charge in [0.1, 0.15) is 23.0 Å². The van der Waals surface area contributed by atoms with Crippen LogP contribution in [0.2, 0.25) is 0 Å². The Morgan fingerprint density at radius 1 is 0.636 bits per heavy atom. The first kappa shape index (κ1) is 22.7. The number of rotatable bonds is 9. The molecule has 2 N–H and O–H groups in total. The van der Waals surface area contributed by atoms with Crippen LogP contribution in [0.3, 0.4) is 0 Å². The standard InChI is InChI=1S/C27H28O6/c1-4-30-15-32-24-13-22(26(28)19-9-7-6-8-18(19)24)23-14-25(33-16-31-5-2)21-12-17(3)10-11-20(21)27(23)29/h6-14,28-29H,4-5,15-16H2,1-3H3. The van der Waals surface area contributed by atoms with Gasteiger partial charge in [-0.3, -0.25) is 0 Å². The smallest absolute Gasteiger partial charge is 0.189 e. The van der Waals surface area contributed by atoms with Crippen molar-refractivity contribution < 1.29 is 29.2 Å². The molecule has 4 aromatic rings. The van der Waals surface area contributed by atoms with E-state index in [9.17, 15) is 10.2 Å². The Morgan fingerprint density at radius 3 is 1.73 bits per heavy atom. The van der Waals surface area contributed by atoms with Crippen LogP contribution in [0.4, 0.5) is 0 Å². The van der Waals surface area contributed by atoms with Gasteiger partial charge in [0.15, 0.2) is 13.6 Å². The van der Waals surface area contributed by atoms with Crippen molar-refractivity contribution in [1.29, 1.82) is 0 Å². The molecule has 0 amide bonds. The molecule has 0 aliphatic rings. The molecule has 33 heavy (non-hydrogen) atoms. The zero-order chi connectivity index (χ0) is 23.4. The molecule has 0 aromatic heterocycles. The number of hydrogen-bond donors (Lipinski definition) is 2. The molecule has 4 rings (SSSR count). The van der Waals surface area contributed by atoms with Gasteiger partial charge in [0.05, 0.1) is 0 Å². The zero-order valence-electron chi connectivity index (χ0n) is 19.1. The summed E-state index contributed by atoms with van der Waals surface area (Å²) in [4.78, 5) is 0. The fraction of sp³-hybridized carbons (Fsp3) is 0.259. The van der Waals surface area contributed by atoms with Crippen molar-refractivity contribution in [2.24, 2.45) is 0 Å². The first-order chi connectivity index (χ1) is 16.0. The van der Waals surface area contributed by atoms with Crippen LogP contribution in [0.25, 0.3) is 32.7 Å². The summed E-state index contributed by atoms with van der Waals surface area (Å²) >= 11 is 0. The Morgan fingerprint density at radius 2 is 1.15 bits per heavy atom. The van der Waals surface area contributed by atoms with Gasteiger partial charge in [-0.15, -0.1) is 0 Å². The number of hydrogen-bond acceptors (Lipinski definition) is 6. The molecular formula is C27H28O6. The van der Waals surface area contributed by atoms with E-state index in [1.807, 2.05) is 63.2 Å². The van der Waals surface area contributed by atoms with Gasteiger partial charge in [0.25, 0.3) is 0 Å². The number of ether oxygens (including phenoxy) is 4. The average molecular weight is 449 g/mol. The molecule has 0 unspecified atom stereocenters. The highest BCUT2D eigenvalue weighted by Gasteiger charge is 2.20. The van der Waals surface area contributed by atoms with Crippen molar-refractivity contribution in [3.8, 4) is 34.1 Å². The van der Waals surface area contributed by atoms with E-state index in [1.54, 1.807) is 12.1 Å². The Labute approximate surface area is 192 Å². The third kappa shape index (κ3) is 4.53. The van der Waals surface area contributed by atoms with Crippen LogP contribution in [-0.4, -0.2) is 37.0 Å². The summed E-state index contributed by atoms with van der Waals surface area (Å²) < 4.78 is 22.5. The SMILES string of the molecule is CCOCOc1cc(-c2cc(OCOCC)c3cc(C)ccc3c2O)c(O)c2ccccc12. The van der Waals surface area contributed by atoms with Crippen LogP contribution in [0.5, 0.6) is 23.0 Å². The van der Waals surface area contributed by atoms with Crippen molar-refractivity contribution in [3.63, 3.8) is 0 Å². The lowest BCUT2D eigenvalue weighted by Gasteiger charge is -2.18. The summed E-state index contributed by atoms with van der Waals surface area (Å²) in [6, 6.07) is 16.6. The van der Waals surface area contributed by atoms with Crippen LogP contribution < -0.4 is 9.47 Å². The van der Waals surface area contributed by atoms with Crippen molar-refractivity contribution in [1.82, 2.24) is 0 Å². The van der Waals surface area contributed by atoms with Gasteiger partial charge in [-0.1, -0.05) is 42.0 Å². The highest BCUT2D eigenvalue weighted by atomic mass is 16.7. The minimum atomic E-state index is 0.0480. The summed E-state index contributed by atoms with van der Waals surface area (Å²) in [7, 11) is 0. The Balaban J connectivity index is 1.94. The minimum absolute atomic E-state index is 0.0480. The predicted molar refractivity (Wildman–Crippen MR) is 129 cm³/mol. The van der Waals surface area contributed by atoms with E-state index in [-0.39, 0.29) is 25.1 Å². The van der Waals surface area contributed by atoms with E-state index < -0.39 is 0 Å². The molecule has 0 saturated carbocycles. The molecule has 0 aliphatic carbocycles. The largest absolute Gasteiger partial charge is 0.507 e. The Bertz CT molecular complexity index is 1280. The molecule has 0 radical (unpaired) electrons. The lowest BCUT2D eigenvalue weighted by Crippen LogP contribution is -2.03. The molecule has 6 heteroatoms. The third-order valence-corrected chi connectivity index (χ3v) is 5.50. The second-order valence-electron chi connectivity index (χ2n) is 7.65. The van der Waals surface area contributed by atoms with Gasteiger partial charge in [-0.25, -0.2) is 0 Å². The number of aromatic hydroxyl groups is 2. The Hall–Kier alpha value is -3.48. The average Bonchev–Trinajstić information content (AvgIpc) is 2.82. The summed E-state index contributed by atoms with van der Waals surface area (Å²) in [6.07, 6.45) is 0. The molecule has 0 atom stereocenters. The summed E-state index contributed by atoms with van der Waals surface area (Å²) in [5, 5.41) is 25.2. The molecular weight excluding hydrogens is 420 g/mol.